The van der Waals surface area contributed by atoms with Gasteiger partial charge in [0.1, 0.15) is 29.0 Å². The van der Waals surface area contributed by atoms with Gasteiger partial charge in [-0.05, 0) is 60.7 Å². The summed E-state index contributed by atoms with van der Waals surface area (Å²) in [5.41, 5.74) is 0.384. The van der Waals surface area contributed by atoms with Crippen LogP contribution in [-0.2, 0) is 9.47 Å². The van der Waals surface area contributed by atoms with Crippen molar-refractivity contribution in [3.8, 4) is 11.8 Å². The van der Waals surface area contributed by atoms with Crippen molar-refractivity contribution in [2.24, 2.45) is 0 Å². The molecule has 0 bridgehead atoms. The minimum Gasteiger partial charge on any atom is -0.492 e. The van der Waals surface area contributed by atoms with E-state index in [-0.39, 0.29) is 35.4 Å². The van der Waals surface area contributed by atoms with Crippen LogP contribution in [0.25, 0.3) is 0 Å². The molecule has 0 amide bonds. The first-order chi connectivity index (χ1) is 13.3. The molecular weight excluding hydrogens is 481 g/mol. The van der Waals surface area contributed by atoms with E-state index in [9.17, 15) is 14.0 Å². The van der Waals surface area contributed by atoms with Gasteiger partial charge >= 0.3 is 0 Å². The maximum absolute atomic E-state index is 14.1. The molecule has 1 aliphatic heterocycles. The number of hydrogen-bond acceptors (Lipinski definition) is 5. The third kappa shape index (κ3) is 5.10. The summed E-state index contributed by atoms with van der Waals surface area (Å²) < 4.78 is 45.7. The number of rotatable bonds is 6. The van der Waals surface area contributed by atoms with E-state index in [0.717, 1.165) is 15.7 Å². The minimum atomic E-state index is -0.629. The number of anilines is 2. The summed E-state index contributed by atoms with van der Waals surface area (Å²) in [6.45, 7) is 4.33. The highest BCUT2D eigenvalue weighted by atomic mass is 127. The zero-order valence-corrected chi connectivity index (χ0v) is 17.5. The maximum atomic E-state index is 14.1. The number of hydrogen-bond donors (Lipinski definition) is 1. The van der Waals surface area contributed by atoms with Crippen molar-refractivity contribution < 1.29 is 23.0 Å². The smallest absolute Gasteiger partial charge is 0.163 e. The lowest BCUT2D eigenvalue weighted by atomic mass is 10.1. The van der Waals surface area contributed by atoms with Gasteiger partial charge in [0.25, 0.3) is 0 Å². The predicted octanol–water partition coefficient (Wildman–Crippen LogP) is 5.11. The minimum absolute atomic E-state index is 0.0918. The van der Waals surface area contributed by atoms with Gasteiger partial charge in [-0.15, -0.1) is 0 Å². The molecule has 0 unspecified atom stereocenters. The number of nitriles is 1. The van der Waals surface area contributed by atoms with E-state index in [1.54, 1.807) is 6.07 Å². The first kappa shape index (κ1) is 20.8. The van der Waals surface area contributed by atoms with Crippen LogP contribution in [0, 0.1) is 26.5 Å². The molecule has 8 heteroatoms. The van der Waals surface area contributed by atoms with Gasteiger partial charge in [0.15, 0.2) is 5.79 Å². The van der Waals surface area contributed by atoms with Crippen molar-refractivity contribution in [2.45, 2.75) is 32.2 Å². The fourth-order valence-electron chi connectivity index (χ4n) is 2.85. The number of benzene rings is 2. The topological polar surface area (TPSA) is 63.5 Å². The molecule has 2 aromatic rings. The van der Waals surface area contributed by atoms with Gasteiger partial charge < -0.3 is 19.5 Å². The lowest BCUT2D eigenvalue weighted by molar-refractivity contribution is -0.139. The average Bonchev–Trinajstić information content (AvgIpc) is 2.96. The summed E-state index contributed by atoms with van der Waals surface area (Å²) in [6.07, 6.45) is 0.395. The summed E-state index contributed by atoms with van der Waals surface area (Å²) in [7, 11) is 0. The van der Waals surface area contributed by atoms with Crippen LogP contribution in [0.3, 0.4) is 0 Å². The Morgan fingerprint density at radius 2 is 2.07 bits per heavy atom. The Morgan fingerprint density at radius 3 is 2.71 bits per heavy atom. The molecule has 0 spiro atoms. The lowest BCUT2D eigenvalue weighted by Gasteiger charge is -2.17. The molecule has 0 aliphatic carbocycles. The molecule has 0 aromatic heterocycles. The van der Waals surface area contributed by atoms with Gasteiger partial charge in [-0.1, -0.05) is 0 Å². The van der Waals surface area contributed by atoms with E-state index in [1.807, 2.05) is 42.5 Å². The third-order valence-electron chi connectivity index (χ3n) is 4.14. The van der Waals surface area contributed by atoms with Gasteiger partial charge in [-0.3, -0.25) is 0 Å². The summed E-state index contributed by atoms with van der Waals surface area (Å²) >= 11 is 1.99. The molecular formula is C20H19F2IN2O3. The van der Waals surface area contributed by atoms with Gasteiger partial charge in [-0.25, -0.2) is 8.78 Å². The van der Waals surface area contributed by atoms with Crippen LogP contribution in [0.2, 0.25) is 0 Å². The van der Waals surface area contributed by atoms with Crippen molar-refractivity contribution in [3.05, 3.63) is 51.1 Å². The second kappa shape index (κ2) is 8.59. The first-order valence-corrected chi connectivity index (χ1v) is 9.75. The normalized spacial score (nSPS) is 17.9. The van der Waals surface area contributed by atoms with Crippen LogP contribution in [0.15, 0.2) is 30.3 Å². The summed E-state index contributed by atoms with van der Waals surface area (Å²) in [5.74, 6) is -1.63. The Bertz CT molecular complexity index is 915. The molecule has 1 N–H and O–H groups in total. The Hall–Kier alpha value is -1.96. The van der Waals surface area contributed by atoms with Crippen molar-refractivity contribution >= 4 is 34.0 Å². The van der Waals surface area contributed by atoms with Crippen LogP contribution in [0.5, 0.6) is 5.75 Å². The molecule has 28 heavy (non-hydrogen) atoms. The van der Waals surface area contributed by atoms with E-state index in [4.69, 9.17) is 14.2 Å². The zero-order chi connectivity index (χ0) is 20.3. The highest BCUT2D eigenvalue weighted by Gasteiger charge is 2.32. The molecule has 1 aliphatic rings. The number of halogens is 3. The highest BCUT2D eigenvalue weighted by Crippen LogP contribution is 2.32. The number of ether oxygens (including phenoxy) is 3. The lowest BCUT2D eigenvalue weighted by Crippen LogP contribution is -2.22. The monoisotopic (exact) mass is 500 g/mol. The van der Waals surface area contributed by atoms with E-state index in [1.165, 1.54) is 12.1 Å². The fraction of sp³-hybridized carbons (Fsp3) is 0.350. The molecule has 148 valence electrons. The second-order valence-electron chi connectivity index (χ2n) is 6.78. The molecule has 1 fully saturated rings. The van der Waals surface area contributed by atoms with Crippen LogP contribution in [-0.4, -0.2) is 25.1 Å². The maximum Gasteiger partial charge on any atom is 0.163 e. The molecule has 1 saturated heterocycles. The zero-order valence-electron chi connectivity index (χ0n) is 15.4. The average molecular weight is 500 g/mol. The summed E-state index contributed by atoms with van der Waals surface area (Å²) in [4.78, 5) is 0. The van der Waals surface area contributed by atoms with E-state index >= 15 is 0 Å². The van der Waals surface area contributed by atoms with Crippen molar-refractivity contribution in [3.63, 3.8) is 0 Å². The molecule has 1 heterocycles. The standard InChI is InChI=1S/C20H19F2IN2O3/c1-20(2)27-11-14(28-20)5-6-26-19-8-12(21)7-18(15(19)10-24)25-17-4-3-13(23)9-16(17)22/h3-4,7-9,14,25H,5-6,11H2,1-2H3/t14-/m1/s1. The van der Waals surface area contributed by atoms with Crippen molar-refractivity contribution in [1.82, 2.24) is 0 Å². The van der Waals surface area contributed by atoms with Crippen molar-refractivity contribution in [1.29, 1.82) is 5.26 Å². The SMILES string of the molecule is CC1(C)OC[C@@H](CCOc2cc(F)cc(Nc3ccc(I)cc3F)c2C#N)O1. The predicted molar refractivity (Wildman–Crippen MR) is 109 cm³/mol. The first-order valence-electron chi connectivity index (χ1n) is 8.68. The number of nitrogens with one attached hydrogen (secondary N) is 1. The highest BCUT2D eigenvalue weighted by molar-refractivity contribution is 14.1. The van der Waals surface area contributed by atoms with E-state index < -0.39 is 17.4 Å². The third-order valence-corrected chi connectivity index (χ3v) is 4.81. The van der Waals surface area contributed by atoms with Gasteiger partial charge in [-0.2, -0.15) is 5.26 Å². The van der Waals surface area contributed by atoms with Crippen LogP contribution >= 0.6 is 22.6 Å². The van der Waals surface area contributed by atoms with Crippen molar-refractivity contribution in [2.75, 3.05) is 18.5 Å². The number of nitrogens with zero attached hydrogens (tertiary/aromatic N) is 1. The molecule has 1 atom stereocenters. The summed E-state index contributed by atoms with van der Waals surface area (Å²) in [6, 6.07) is 8.86. The molecule has 2 aromatic carbocycles. The van der Waals surface area contributed by atoms with Gasteiger partial charge in [0.05, 0.1) is 30.7 Å². The van der Waals surface area contributed by atoms with Crippen LogP contribution in [0.1, 0.15) is 25.8 Å². The van der Waals surface area contributed by atoms with Crippen LogP contribution < -0.4 is 10.1 Å². The molecule has 3 rings (SSSR count). The Labute approximate surface area is 175 Å². The Kier molecular flexibility index (Phi) is 6.37. The second-order valence-corrected chi connectivity index (χ2v) is 8.02. The Balaban J connectivity index is 1.74. The van der Waals surface area contributed by atoms with Crippen LogP contribution in [0.4, 0.5) is 20.2 Å². The van der Waals surface area contributed by atoms with E-state index in [2.05, 4.69) is 5.32 Å². The molecule has 5 nitrogen and oxygen atoms in total. The Morgan fingerprint density at radius 1 is 1.29 bits per heavy atom. The van der Waals surface area contributed by atoms with E-state index in [0.29, 0.717) is 13.0 Å². The molecule has 0 radical (unpaired) electrons. The fourth-order valence-corrected chi connectivity index (χ4v) is 3.30. The quantitative estimate of drug-likeness (QED) is 0.559. The molecule has 0 saturated carbocycles. The summed E-state index contributed by atoms with van der Waals surface area (Å²) in [5, 5.41) is 12.3. The van der Waals surface area contributed by atoms with Gasteiger partial charge in [0, 0.05) is 16.1 Å². The largest absolute Gasteiger partial charge is 0.492 e. The van der Waals surface area contributed by atoms with Gasteiger partial charge in [0.2, 0.25) is 0 Å².